The van der Waals surface area contributed by atoms with E-state index in [0.717, 1.165) is 25.7 Å². The fourth-order valence-electron chi connectivity index (χ4n) is 8.06. The predicted octanol–water partition coefficient (Wildman–Crippen LogP) is 5.15. The number of aliphatic hydroxyl groups is 1. The lowest BCUT2D eigenvalue weighted by atomic mass is 9.43. The van der Waals surface area contributed by atoms with Crippen molar-refractivity contribution in [1.82, 2.24) is 0 Å². The van der Waals surface area contributed by atoms with E-state index in [1.54, 1.807) is 0 Å². The molecule has 0 spiro atoms. The topological polar surface area (TPSA) is 37.3 Å². The third-order valence-electron chi connectivity index (χ3n) is 9.23. The Morgan fingerprint density at radius 3 is 2.48 bits per heavy atom. The number of Topliss-reactive ketones (excluding diaryl/α,β-unsaturated/α-hetero) is 1. The number of allylic oxidation sites excluding steroid dienone is 1. The Morgan fingerprint density at radius 2 is 1.80 bits per heavy atom. The van der Waals surface area contributed by atoms with Crippen molar-refractivity contribution in [3.63, 3.8) is 0 Å². The first-order chi connectivity index (χ1) is 11.6. The van der Waals surface area contributed by atoms with Crippen LogP contribution in [0.15, 0.2) is 12.2 Å². The molecule has 4 aliphatic rings. The first kappa shape index (κ1) is 17.8. The Labute approximate surface area is 153 Å². The highest BCUT2D eigenvalue weighted by Crippen LogP contribution is 2.67. The fourth-order valence-corrected chi connectivity index (χ4v) is 8.06. The van der Waals surface area contributed by atoms with Crippen LogP contribution in [0.25, 0.3) is 0 Å². The van der Waals surface area contributed by atoms with Gasteiger partial charge in [0.05, 0.1) is 5.60 Å². The number of hydrogen-bond donors (Lipinski definition) is 1. The Bertz CT molecular complexity index is 605. The molecular weight excluding hydrogens is 308 g/mol. The summed E-state index contributed by atoms with van der Waals surface area (Å²) in [4.78, 5) is 13.5. The molecule has 4 fully saturated rings. The molecule has 140 valence electrons. The second-order valence-electron chi connectivity index (χ2n) is 10.9. The first-order valence-electron chi connectivity index (χ1n) is 10.5. The summed E-state index contributed by atoms with van der Waals surface area (Å²) in [6.07, 6.45) is 8.41. The lowest BCUT2D eigenvalue weighted by Crippen LogP contribution is -2.58. The molecule has 0 radical (unpaired) electrons. The van der Waals surface area contributed by atoms with Gasteiger partial charge in [0.15, 0.2) is 0 Å². The van der Waals surface area contributed by atoms with Crippen molar-refractivity contribution in [2.24, 2.45) is 40.4 Å². The minimum absolute atomic E-state index is 0.116. The van der Waals surface area contributed by atoms with Crippen molar-refractivity contribution in [2.75, 3.05) is 0 Å². The van der Waals surface area contributed by atoms with Gasteiger partial charge in [0.2, 0.25) is 0 Å². The molecular formula is C23H36O2. The molecule has 25 heavy (non-hydrogen) atoms. The van der Waals surface area contributed by atoms with Crippen LogP contribution in [0, 0.1) is 40.4 Å². The van der Waals surface area contributed by atoms with E-state index in [9.17, 15) is 9.90 Å². The van der Waals surface area contributed by atoms with Gasteiger partial charge in [-0.05, 0) is 93.3 Å². The highest BCUT2D eigenvalue weighted by Gasteiger charge is 2.63. The van der Waals surface area contributed by atoms with Crippen molar-refractivity contribution in [3.8, 4) is 0 Å². The van der Waals surface area contributed by atoms with Crippen LogP contribution in [0.5, 0.6) is 0 Å². The maximum atomic E-state index is 13.5. The van der Waals surface area contributed by atoms with E-state index < -0.39 is 5.60 Å². The van der Waals surface area contributed by atoms with Gasteiger partial charge >= 0.3 is 0 Å². The summed E-state index contributed by atoms with van der Waals surface area (Å²) in [7, 11) is 0. The number of carbonyl (C=O) groups is 1. The number of carbonyl (C=O) groups excluding carboxylic acids is 1. The average Bonchev–Trinajstić information content (AvgIpc) is 2.84. The maximum absolute atomic E-state index is 13.5. The number of rotatable bonds is 1. The maximum Gasteiger partial charge on any atom is 0.137 e. The van der Waals surface area contributed by atoms with Gasteiger partial charge in [-0.2, -0.15) is 0 Å². The minimum Gasteiger partial charge on any atom is -0.390 e. The van der Waals surface area contributed by atoms with Crippen LogP contribution in [0.1, 0.15) is 79.1 Å². The zero-order valence-electron chi connectivity index (χ0n) is 16.6. The Kier molecular flexibility index (Phi) is 3.87. The van der Waals surface area contributed by atoms with E-state index in [2.05, 4.69) is 27.4 Å². The van der Waals surface area contributed by atoms with Crippen molar-refractivity contribution in [3.05, 3.63) is 12.2 Å². The highest BCUT2D eigenvalue weighted by molar-refractivity contribution is 5.84. The molecule has 0 amide bonds. The number of ketones is 1. The van der Waals surface area contributed by atoms with Gasteiger partial charge in [0, 0.05) is 12.3 Å². The molecule has 0 aliphatic heterocycles. The van der Waals surface area contributed by atoms with E-state index in [1.165, 1.54) is 31.3 Å². The van der Waals surface area contributed by atoms with E-state index in [1.807, 2.05) is 6.92 Å². The summed E-state index contributed by atoms with van der Waals surface area (Å²) in [5.74, 6) is 3.08. The van der Waals surface area contributed by atoms with Crippen molar-refractivity contribution in [1.29, 1.82) is 0 Å². The predicted molar refractivity (Wildman–Crippen MR) is 101 cm³/mol. The summed E-state index contributed by atoms with van der Waals surface area (Å²) in [5, 5.41) is 10.6. The largest absolute Gasteiger partial charge is 0.390 e. The Balaban J connectivity index is 1.68. The Hall–Kier alpha value is -0.630. The molecule has 4 saturated carbocycles. The average molecular weight is 345 g/mol. The van der Waals surface area contributed by atoms with Crippen LogP contribution in [0.2, 0.25) is 0 Å². The van der Waals surface area contributed by atoms with Gasteiger partial charge in [-0.1, -0.05) is 26.0 Å². The molecule has 2 nitrogen and oxygen atoms in total. The SMILES string of the molecule is C=C(C)[C@H]1CC[C@H]2[C@@H]3CC[C@H]4C[C@@](C)(O)CC[C@]4(C)[C@H]3C(=O)C[C@]12C. The minimum atomic E-state index is -0.526. The zero-order chi connectivity index (χ0) is 18.2. The molecule has 0 bridgehead atoms. The molecule has 8 atom stereocenters. The monoisotopic (exact) mass is 344 g/mol. The third-order valence-corrected chi connectivity index (χ3v) is 9.23. The summed E-state index contributed by atoms with van der Waals surface area (Å²) in [6, 6.07) is 0. The van der Waals surface area contributed by atoms with Gasteiger partial charge < -0.3 is 5.11 Å². The van der Waals surface area contributed by atoms with Gasteiger partial charge in [-0.25, -0.2) is 0 Å². The lowest BCUT2D eigenvalue weighted by Gasteiger charge is -2.61. The summed E-state index contributed by atoms with van der Waals surface area (Å²) in [5.41, 5.74) is 1.02. The third kappa shape index (κ3) is 2.42. The molecule has 0 unspecified atom stereocenters. The van der Waals surface area contributed by atoms with Crippen LogP contribution < -0.4 is 0 Å². The van der Waals surface area contributed by atoms with Crippen LogP contribution in [-0.2, 0) is 4.79 Å². The van der Waals surface area contributed by atoms with E-state index in [4.69, 9.17) is 0 Å². The molecule has 0 saturated heterocycles. The highest BCUT2D eigenvalue weighted by atomic mass is 16.3. The van der Waals surface area contributed by atoms with E-state index in [-0.39, 0.29) is 16.7 Å². The second kappa shape index (κ2) is 5.44. The summed E-state index contributed by atoms with van der Waals surface area (Å²) in [6.45, 7) is 13.2. The summed E-state index contributed by atoms with van der Waals surface area (Å²) >= 11 is 0. The molecule has 0 heterocycles. The van der Waals surface area contributed by atoms with Crippen LogP contribution in [-0.4, -0.2) is 16.5 Å². The number of fused-ring (bicyclic) bond motifs is 5. The van der Waals surface area contributed by atoms with Crippen LogP contribution in [0.4, 0.5) is 0 Å². The quantitative estimate of drug-likeness (QED) is 0.668. The van der Waals surface area contributed by atoms with Crippen LogP contribution in [0.3, 0.4) is 0 Å². The van der Waals surface area contributed by atoms with Crippen LogP contribution >= 0.6 is 0 Å². The second-order valence-corrected chi connectivity index (χ2v) is 10.9. The molecule has 0 aromatic heterocycles. The molecule has 0 aromatic carbocycles. The fraction of sp³-hybridized carbons (Fsp3) is 0.870. The summed E-state index contributed by atoms with van der Waals surface area (Å²) < 4.78 is 0. The van der Waals surface area contributed by atoms with E-state index >= 15 is 0 Å². The normalized spacial score (nSPS) is 55.2. The molecule has 2 heteroatoms. The zero-order valence-corrected chi connectivity index (χ0v) is 16.6. The van der Waals surface area contributed by atoms with Gasteiger partial charge in [-0.15, -0.1) is 0 Å². The lowest BCUT2D eigenvalue weighted by molar-refractivity contribution is -0.167. The Morgan fingerprint density at radius 1 is 1.08 bits per heavy atom. The first-order valence-corrected chi connectivity index (χ1v) is 10.5. The molecule has 4 rings (SSSR count). The van der Waals surface area contributed by atoms with Gasteiger partial charge in [0.1, 0.15) is 5.78 Å². The van der Waals surface area contributed by atoms with Crippen molar-refractivity contribution in [2.45, 2.75) is 84.7 Å². The molecule has 0 aromatic rings. The van der Waals surface area contributed by atoms with Gasteiger partial charge in [0.25, 0.3) is 0 Å². The van der Waals surface area contributed by atoms with Gasteiger partial charge in [-0.3, -0.25) is 4.79 Å². The van der Waals surface area contributed by atoms with Crippen molar-refractivity contribution < 1.29 is 9.90 Å². The number of hydrogen-bond acceptors (Lipinski definition) is 2. The smallest absolute Gasteiger partial charge is 0.137 e. The van der Waals surface area contributed by atoms with E-state index in [0.29, 0.717) is 29.5 Å². The van der Waals surface area contributed by atoms with Crippen molar-refractivity contribution >= 4 is 5.78 Å². The molecule has 4 aliphatic carbocycles. The standard InChI is InChI=1S/C23H36O2/c1-14(2)17-8-9-18-16-7-6-15-12-21(3,25)10-11-22(15,4)20(16)19(24)13-23(17,18)5/h15-18,20,25H,1,6-13H2,2-5H3/t15-,16-,17+,18-,20+,21-,22-,23+/m0/s1. The molecule has 1 N–H and O–H groups in total.